The van der Waals surface area contributed by atoms with Crippen LogP contribution in [0.25, 0.3) is 0 Å². The largest absolute Gasteiger partial charge is 0.382 e. The summed E-state index contributed by atoms with van der Waals surface area (Å²) in [6.45, 7) is 2.50. The molecule has 1 aliphatic heterocycles. The molecule has 0 saturated carbocycles. The first kappa shape index (κ1) is 18.0. The number of rotatable bonds is 6. The van der Waals surface area contributed by atoms with Crippen LogP contribution in [0.3, 0.4) is 0 Å². The van der Waals surface area contributed by atoms with E-state index >= 15 is 0 Å². The number of pyridine rings is 1. The molecule has 0 bridgehead atoms. The molecule has 0 aromatic carbocycles. The van der Waals surface area contributed by atoms with Crippen molar-refractivity contribution in [1.82, 2.24) is 20.7 Å². The van der Waals surface area contributed by atoms with E-state index in [2.05, 4.69) is 34.9 Å². The van der Waals surface area contributed by atoms with Gasteiger partial charge in [0, 0.05) is 30.1 Å². The summed E-state index contributed by atoms with van der Waals surface area (Å²) < 4.78 is 5.32. The van der Waals surface area contributed by atoms with E-state index in [0.717, 1.165) is 12.1 Å². The number of hydrazine groups is 1. The van der Waals surface area contributed by atoms with Crippen LogP contribution in [0.1, 0.15) is 34.0 Å². The Morgan fingerprint density at radius 2 is 2.24 bits per heavy atom. The first-order chi connectivity index (χ1) is 12.1. The lowest BCUT2D eigenvalue weighted by atomic mass is 10.1. The van der Waals surface area contributed by atoms with Gasteiger partial charge < -0.3 is 9.64 Å². The molecular formula is C18H24N4O2S. The maximum Gasteiger partial charge on any atom is 0.241 e. The summed E-state index contributed by atoms with van der Waals surface area (Å²) in [5.41, 5.74) is 7.23. The number of hydrogen-bond acceptors (Lipinski definition) is 6. The Labute approximate surface area is 152 Å². The molecule has 7 heteroatoms. The van der Waals surface area contributed by atoms with Gasteiger partial charge in [-0.2, -0.15) is 0 Å². The molecule has 3 atom stereocenters. The first-order valence-corrected chi connectivity index (χ1v) is 9.15. The van der Waals surface area contributed by atoms with Gasteiger partial charge in [0.2, 0.25) is 5.91 Å². The van der Waals surface area contributed by atoms with Crippen molar-refractivity contribution in [3.8, 4) is 0 Å². The smallest absolute Gasteiger partial charge is 0.241 e. The van der Waals surface area contributed by atoms with E-state index in [1.807, 2.05) is 25.2 Å². The predicted molar refractivity (Wildman–Crippen MR) is 98.1 cm³/mol. The maximum atomic E-state index is 13.0. The van der Waals surface area contributed by atoms with Crippen LogP contribution in [-0.2, 0) is 9.53 Å². The van der Waals surface area contributed by atoms with Crippen LogP contribution >= 0.6 is 11.3 Å². The second kappa shape index (κ2) is 8.05. The third-order valence-electron chi connectivity index (χ3n) is 4.47. The summed E-state index contributed by atoms with van der Waals surface area (Å²) in [6.07, 6.45) is 2.46. The molecule has 0 spiro atoms. The van der Waals surface area contributed by atoms with E-state index in [1.54, 1.807) is 29.5 Å². The molecule has 134 valence electrons. The maximum absolute atomic E-state index is 13.0. The Balaban J connectivity index is 1.69. The lowest BCUT2D eigenvalue weighted by molar-refractivity contribution is -0.135. The number of methoxy groups -OCH3 is 1. The van der Waals surface area contributed by atoms with Gasteiger partial charge in [-0.1, -0.05) is 6.07 Å². The van der Waals surface area contributed by atoms with Crippen LogP contribution in [0.4, 0.5) is 0 Å². The first-order valence-electron chi connectivity index (χ1n) is 8.34. The highest BCUT2D eigenvalue weighted by molar-refractivity contribution is 7.12. The lowest BCUT2D eigenvalue weighted by Gasteiger charge is -2.29. The molecule has 2 N–H and O–H groups in total. The van der Waals surface area contributed by atoms with Crippen LogP contribution in [0, 0.1) is 6.92 Å². The van der Waals surface area contributed by atoms with E-state index in [9.17, 15) is 4.79 Å². The number of amides is 1. The molecule has 25 heavy (non-hydrogen) atoms. The minimum absolute atomic E-state index is 0.0379. The van der Waals surface area contributed by atoms with E-state index in [1.165, 1.54) is 9.75 Å². The molecule has 3 rings (SSSR count). The lowest BCUT2D eigenvalue weighted by Crippen LogP contribution is -2.46. The summed E-state index contributed by atoms with van der Waals surface area (Å²) in [6, 6.07) is 9.64. The zero-order valence-corrected chi connectivity index (χ0v) is 15.5. The van der Waals surface area contributed by atoms with Crippen molar-refractivity contribution in [3.05, 3.63) is 52.0 Å². The highest BCUT2D eigenvalue weighted by Crippen LogP contribution is 2.29. The average Bonchev–Trinajstić information content (AvgIpc) is 3.28. The van der Waals surface area contributed by atoms with Gasteiger partial charge in [0.25, 0.3) is 0 Å². The zero-order valence-electron chi connectivity index (χ0n) is 14.7. The summed E-state index contributed by atoms with van der Waals surface area (Å²) in [5.74, 6) is 0.0379. The molecule has 2 aromatic heterocycles. The SMILES string of the molecule is COCC(c1ccccn1)N(C)C(=O)C1CC(c2ccc(C)s2)NN1. The number of likely N-dealkylation sites (N-methyl/N-ethyl adjacent to an activating group) is 1. The van der Waals surface area contributed by atoms with Crippen LogP contribution in [0.15, 0.2) is 36.5 Å². The molecule has 1 amide bonds. The van der Waals surface area contributed by atoms with Gasteiger partial charge in [0.05, 0.1) is 24.4 Å². The molecule has 0 aliphatic carbocycles. The number of carbonyl (C=O) groups excluding carboxylic acids is 1. The van der Waals surface area contributed by atoms with Crippen LogP contribution in [-0.4, -0.2) is 42.6 Å². The fourth-order valence-corrected chi connectivity index (χ4v) is 4.01. The average molecular weight is 360 g/mol. The minimum atomic E-state index is -0.263. The van der Waals surface area contributed by atoms with Gasteiger partial charge in [-0.05, 0) is 37.6 Å². The minimum Gasteiger partial charge on any atom is -0.382 e. The molecule has 6 nitrogen and oxygen atoms in total. The normalized spacial score (nSPS) is 21.2. The molecule has 2 aromatic rings. The van der Waals surface area contributed by atoms with Crippen molar-refractivity contribution < 1.29 is 9.53 Å². The van der Waals surface area contributed by atoms with Crippen LogP contribution in [0.2, 0.25) is 0 Å². The quantitative estimate of drug-likeness (QED) is 0.827. The Bertz CT molecular complexity index is 706. The number of hydrogen-bond donors (Lipinski definition) is 2. The number of thiophene rings is 1. The number of aromatic nitrogens is 1. The fraction of sp³-hybridized carbons (Fsp3) is 0.444. The van der Waals surface area contributed by atoms with E-state index in [0.29, 0.717) is 6.61 Å². The summed E-state index contributed by atoms with van der Waals surface area (Å²) in [5, 5.41) is 0. The number of nitrogens with one attached hydrogen (secondary N) is 2. The molecule has 3 unspecified atom stereocenters. The van der Waals surface area contributed by atoms with E-state index in [4.69, 9.17) is 4.74 Å². The molecular weight excluding hydrogens is 336 g/mol. The van der Waals surface area contributed by atoms with Gasteiger partial charge >= 0.3 is 0 Å². The Morgan fingerprint density at radius 1 is 1.40 bits per heavy atom. The van der Waals surface area contributed by atoms with Gasteiger partial charge in [0.15, 0.2) is 0 Å². The zero-order chi connectivity index (χ0) is 17.8. The van der Waals surface area contributed by atoms with Crippen molar-refractivity contribution in [2.75, 3.05) is 20.8 Å². The predicted octanol–water partition coefficient (Wildman–Crippen LogP) is 2.21. The number of nitrogens with zero attached hydrogens (tertiary/aromatic N) is 2. The van der Waals surface area contributed by atoms with Gasteiger partial charge in [-0.3, -0.25) is 9.78 Å². The number of carbonyl (C=O) groups is 1. The van der Waals surface area contributed by atoms with Crippen molar-refractivity contribution in [1.29, 1.82) is 0 Å². The Hall–Kier alpha value is -1.80. The molecule has 1 fully saturated rings. The molecule has 1 saturated heterocycles. The van der Waals surface area contributed by atoms with Gasteiger partial charge in [-0.25, -0.2) is 10.9 Å². The summed E-state index contributed by atoms with van der Waals surface area (Å²) >= 11 is 1.76. The molecule has 0 radical (unpaired) electrons. The van der Waals surface area contributed by atoms with Gasteiger partial charge in [0.1, 0.15) is 6.04 Å². The van der Waals surface area contributed by atoms with Crippen molar-refractivity contribution >= 4 is 17.2 Å². The summed E-state index contributed by atoms with van der Waals surface area (Å²) in [7, 11) is 3.45. The monoisotopic (exact) mass is 360 g/mol. The highest BCUT2D eigenvalue weighted by atomic mass is 32.1. The van der Waals surface area contributed by atoms with Crippen molar-refractivity contribution in [2.24, 2.45) is 0 Å². The third-order valence-corrected chi connectivity index (χ3v) is 5.59. The Morgan fingerprint density at radius 3 is 2.88 bits per heavy atom. The van der Waals surface area contributed by atoms with E-state index in [-0.39, 0.29) is 24.0 Å². The second-order valence-corrected chi connectivity index (χ2v) is 7.57. The Kier molecular flexibility index (Phi) is 5.80. The highest BCUT2D eigenvalue weighted by Gasteiger charge is 2.35. The van der Waals surface area contributed by atoms with Crippen molar-refractivity contribution in [2.45, 2.75) is 31.5 Å². The van der Waals surface area contributed by atoms with Gasteiger partial charge in [-0.15, -0.1) is 11.3 Å². The third kappa shape index (κ3) is 4.07. The van der Waals surface area contributed by atoms with E-state index < -0.39 is 0 Å². The molecule has 1 aliphatic rings. The topological polar surface area (TPSA) is 66.5 Å². The standard InChI is InChI=1S/C18H24N4O2S/c1-12-7-8-17(25-12)14-10-15(21-20-14)18(23)22(2)16(11-24-3)13-6-4-5-9-19-13/h4-9,14-16,20-21H,10-11H2,1-3H3. The van der Waals surface area contributed by atoms with Crippen LogP contribution in [0.5, 0.6) is 0 Å². The number of aryl methyl sites for hydroxylation is 1. The number of ether oxygens (including phenoxy) is 1. The van der Waals surface area contributed by atoms with Crippen molar-refractivity contribution in [3.63, 3.8) is 0 Å². The van der Waals surface area contributed by atoms with Crippen LogP contribution < -0.4 is 10.9 Å². The molecule has 3 heterocycles. The summed E-state index contributed by atoms with van der Waals surface area (Å²) in [4.78, 5) is 21.6. The second-order valence-electron chi connectivity index (χ2n) is 6.25. The fourth-order valence-electron chi connectivity index (χ4n) is 3.07.